The Balaban J connectivity index is 2.31. The Kier molecular flexibility index (Phi) is 2.48. The van der Waals surface area contributed by atoms with Crippen molar-refractivity contribution < 1.29 is 0 Å². The molecule has 3 aromatic rings. The molecule has 0 saturated carbocycles. The maximum absolute atomic E-state index is 4.51. The molecule has 0 radical (unpaired) electrons. The highest BCUT2D eigenvalue weighted by Crippen LogP contribution is 2.26. The Morgan fingerprint density at radius 1 is 1.18 bits per heavy atom. The second kappa shape index (κ2) is 4.00. The second-order valence-electron chi connectivity index (χ2n) is 4.04. The summed E-state index contributed by atoms with van der Waals surface area (Å²) in [5, 5.41) is 0. The highest BCUT2D eigenvalue weighted by Gasteiger charge is 2.08. The first kappa shape index (κ1) is 10.5. The van der Waals surface area contributed by atoms with Crippen LogP contribution in [0.2, 0.25) is 0 Å². The Bertz CT molecular complexity index is 686. The Labute approximate surface area is 108 Å². The van der Waals surface area contributed by atoms with Gasteiger partial charge in [0.1, 0.15) is 5.82 Å². The molecule has 17 heavy (non-hydrogen) atoms. The predicted molar refractivity (Wildman–Crippen MR) is 73.1 cm³/mol. The van der Waals surface area contributed by atoms with Crippen molar-refractivity contribution in [3.8, 4) is 11.4 Å². The minimum atomic E-state index is 0.986. The van der Waals surface area contributed by atoms with Crippen molar-refractivity contribution in [1.29, 1.82) is 0 Å². The van der Waals surface area contributed by atoms with Crippen LogP contribution in [-0.2, 0) is 0 Å². The maximum atomic E-state index is 4.51. The van der Waals surface area contributed by atoms with Crippen molar-refractivity contribution in [2.75, 3.05) is 0 Å². The van der Waals surface area contributed by atoms with E-state index in [2.05, 4.69) is 56.5 Å². The third-order valence-corrected chi connectivity index (χ3v) is 3.37. The molecule has 84 valence electrons. The second-order valence-corrected chi connectivity index (χ2v) is 4.95. The summed E-state index contributed by atoms with van der Waals surface area (Å²) in [7, 11) is 0. The number of hydrogen-bond acceptors (Lipinski definition) is 1. The molecule has 0 atom stereocenters. The Morgan fingerprint density at radius 3 is 2.94 bits per heavy atom. The number of aromatic nitrogens is 2. The fourth-order valence-corrected chi connectivity index (χ4v) is 2.34. The van der Waals surface area contributed by atoms with Crippen molar-refractivity contribution in [1.82, 2.24) is 9.38 Å². The zero-order valence-electron chi connectivity index (χ0n) is 9.39. The van der Waals surface area contributed by atoms with Gasteiger partial charge in [-0.15, -0.1) is 0 Å². The minimum Gasteiger partial charge on any atom is -0.300 e. The van der Waals surface area contributed by atoms with Gasteiger partial charge in [0.05, 0.1) is 11.7 Å². The lowest BCUT2D eigenvalue weighted by atomic mass is 10.1. The summed E-state index contributed by atoms with van der Waals surface area (Å²) in [6.45, 7) is 2.10. The molecular formula is C14H11BrN2. The van der Waals surface area contributed by atoms with Crippen LogP contribution in [0.1, 0.15) is 5.56 Å². The molecule has 0 aliphatic rings. The Morgan fingerprint density at radius 2 is 2.06 bits per heavy atom. The van der Waals surface area contributed by atoms with Crippen LogP contribution in [0.4, 0.5) is 0 Å². The van der Waals surface area contributed by atoms with Gasteiger partial charge in [-0.1, -0.05) is 28.1 Å². The van der Waals surface area contributed by atoms with E-state index in [9.17, 15) is 0 Å². The fraction of sp³-hybridized carbons (Fsp3) is 0.0714. The Hall–Kier alpha value is -1.61. The van der Waals surface area contributed by atoms with E-state index in [0.29, 0.717) is 0 Å². The maximum Gasteiger partial charge on any atom is 0.144 e. The molecule has 0 unspecified atom stereocenters. The first-order valence-electron chi connectivity index (χ1n) is 5.44. The lowest BCUT2D eigenvalue weighted by Gasteiger charge is -2.05. The average molecular weight is 287 g/mol. The fourth-order valence-electron chi connectivity index (χ4n) is 1.98. The zero-order chi connectivity index (χ0) is 11.8. The molecule has 3 heteroatoms. The van der Waals surface area contributed by atoms with Crippen molar-refractivity contribution in [3.63, 3.8) is 0 Å². The summed E-state index contributed by atoms with van der Waals surface area (Å²) in [5.41, 5.74) is 3.50. The summed E-state index contributed by atoms with van der Waals surface area (Å²) in [4.78, 5) is 4.51. The van der Waals surface area contributed by atoms with Gasteiger partial charge in [0.25, 0.3) is 0 Å². The quantitative estimate of drug-likeness (QED) is 0.659. The molecule has 0 spiro atoms. The number of halogens is 1. The van der Waals surface area contributed by atoms with Gasteiger partial charge < -0.3 is 0 Å². The van der Waals surface area contributed by atoms with Crippen LogP contribution in [0, 0.1) is 6.92 Å². The molecule has 0 N–H and O–H groups in total. The SMILES string of the molecule is Cc1ccc(Br)cc1-c1ncc2ccccn12. The van der Waals surface area contributed by atoms with Gasteiger partial charge in [0.15, 0.2) is 0 Å². The van der Waals surface area contributed by atoms with Crippen molar-refractivity contribution >= 4 is 21.4 Å². The summed E-state index contributed by atoms with van der Waals surface area (Å²) in [6, 6.07) is 12.4. The zero-order valence-corrected chi connectivity index (χ0v) is 11.0. The highest BCUT2D eigenvalue weighted by atomic mass is 79.9. The molecule has 0 amide bonds. The third-order valence-electron chi connectivity index (χ3n) is 2.88. The van der Waals surface area contributed by atoms with Crippen LogP contribution in [0.15, 0.2) is 53.3 Å². The average Bonchev–Trinajstić information content (AvgIpc) is 2.76. The van der Waals surface area contributed by atoms with E-state index in [1.165, 1.54) is 5.56 Å². The molecule has 2 nitrogen and oxygen atoms in total. The number of nitrogens with zero attached hydrogens (tertiary/aromatic N) is 2. The summed E-state index contributed by atoms with van der Waals surface area (Å²) < 4.78 is 3.18. The van der Waals surface area contributed by atoms with Gasteiger partial charge in [0, 0.05) is 16.2 Å². The molecule has 0 aliphatic carbocycles. The van der Waals surface area contributed by atoms with Gasteiger partial charge in [-0.25, -0.2) is 4.98 Å². The molecule has 2 heterocycles. The number of hydrogen-bond donors (Lipinski definition) is 0. The molecule has 2 aromatic heterocycles. The first-order valence-corrected chi connectivity index (χ1v) is 6.23. The van der Waals surface area contributed by atoms with Crippen LogP contribution in [0.25, 0.3) is 16.9 Å². The smallest absolute Gasteiger partial charge is 0.144 e. The molecule has 1 aromatic carbocycles. The molecular weight excluding hydrogens is 276 g/mol. The summed E-state index contributed by atoms with van der Waals surface area (Å²) >= 11 is 3.51. The monoisotopic (exact) mass is 286 g/mol. The molecule has 0 aliphatic heterocycles. The van der Waals surface area contributed by atoms with Crippen molar-refractivity contribution in [2.24, 2.45) is 0 Å². The van der Waals surface area contributed by atoms with E-state index in [0.717, 1.165) is 21.4 Å². The first-order chi connectivity index (χ1) is 8.25. The standard InChI is InChI=1S/C14H11BrN2/c1-10-5-6-11(15)8-13(10)14-16-9-12-4-2-3-7-17(12)14/h2-9H,1H3. The number of pyridine rings is 1. The van der Waals surface area contributed by atoms with Crippen LogP contribution in [0.3, 0.4) is 0 Å². The van der Waals surface area contributed by atoms with Gasteiger partial charge in [-0.2, -0.15) is 0 Å². The van der Waals surface area contributed by atoms with Gasteiger partial charge >= 0.3 is 0 Å². The van der Waals surface area contributed by atoms with E-state index in [1.54, 1.807) is 0 Å². The number of fused-ring (bicyclic) bond motifs is 1. The number of rotatable bonds is 1. The largest absolute Gasteiger partial charge is 0.300 e. The molecule has 0 bridgehead atoms. The normalized spacial score (nSPS) is 10.9. The lowest BCUT2D eigenvalue weighted by Crippen LogP contribution is -1.91. The van der Waals surface area contributed by atoms with E-state index >= 15 is 0 Å². The topological polar surface area (TPSA) is 17.3 Å². The number of aryl methyl sites for hydroxylation is 1. The number of imidazole rings is 1. The van der Waals surface area contributed by atoms with E-state index in [-0.39, 0.29) is 0 Å². The van der Waals surface area contributed by atoms with Crippen molar-refractivity contribution in [3.05, 3.63) is 58.8 Å². The highest BCUT2D eigenvalue weighted by molar-refractivity contribution is 9.10. The number of benzene rings is 1. The third kappa shape index (κ3) is 1.76. The van der Waals surface area contributed by atoms with E-state index in [4.69, 9.17) is 0 Å². The van der Waals surface area contributed by atoms with Crippen LogP contribution in [-0.4, -0.2) is 9.38 Å². The van der Waals surface area contributed by atoms with Crippen LogP contribution >= 0.6 is 15.9 Å². The van der Waals surface area contributed by atoms with E-state index in [1.807, 2.05) is 24.5 Å². The minimum absolute atomic E-state index is 0.986. The predicted octanol–water partition coefficient (Wildman–Crippen LogP) is 4.07. The summed E-state index contributed by atoms with van der Waals surface area (Å²) in [6.07, 6.45) is 3.94. The molecule has 0 fully saturated rings. The van der Waals surface area contributed by atoms with Crippen LogP contribution < -0.4 is 0 Å². The molecule has 3 rings (SSSR count). The van der Waals surface area contributed by atoms with E-state index < -0.39 is 0 Å². The van der Waals surface area contributed by atoms with Gasteiger partial charge in [-0.05, 0) is 36.8 Å². The van der Waals surface area contributed by atoms with Crippen LogP contribution in [0.5, 0.6) is 0 Å². The van der Waals surface area contributed by atoms with Crippen molar-refractivity contribution in [2.45, 2.75) is 6.92 Å². The van der Waals surface area contributed by atoms with Gasteiger partial charge in [0.2, 0.25) is 0 Å². The lowest BCUT2D eigenvalue weighted by molar-refractivity contribution is 1.15. The molecule has 0 saturated heterocycles. The summed E-state index contributed by atoms with van der Waals surface area (Å²) in [5.74, 6) is 0.986. The van der Waals surface area contributed by atoms with Gasteiger partial charge in [-0.3, -0.25) is 4.40 Å².